The van der Waals surface area contributed by atoms with E-state index in [1.54, 1.807) is 0 Å². The van der Waals surface area contributed by atoms with Crippen LogP contribution in [0.15, 0.2) is 18.2 Å². The molecule has 102 valence electrons. The number of nitrogen functional groups attached to an aromatic ring is 2. The number of anilines is 2. The number of nitrogens with two attached hydrogens (primary N) is 2. The largest absolute Gasteiger partial charge is 0.483 e. The monoisotopic (exact) mass is 258 g/mol. The van der Waals surface area contributed by atoms with Crippen molar-refractivity contribution in [2.24, 2.45) is 17.8 Å². The van der Waals surface area contributed by atoms with Crippen LogP contribution in [0.1, 0.15) is 38.5 Å². The van der Waals surface area contributed by atoms with Gasteiger partial charge in [-0.1, -0.05) is 6.07 Å². The molecule has 4 N–H and O–H groups in total. The zero-order valence-corrected chi connectivity index (χ0v) is 11.3. The van der Waals surface area contributed by atoms with Crippen molar-refractivity contribution in [3.63, 3.8) is 0 Å². The van der Waals surface area contributed by atoms with E-state index in [4.69, 9.17) is 16.2 Å². The summed E-state index contributed by atoms with van der Waals surface area (Å²) in [6.07, 6.45) is 7.86. The standard InChI is InChI=1S/C16H22N2O/c17-13-2-1-3-14(18)15(13)19-16-7-10-4-11(8-16)6-12(5-10)9-16/h1-3,10-12H,4-9,17-18H2. The fraction of sp³-hybridized carbons (Fsp3) is 0.625. The molecule has 5 rings (SSSR count). The first kappa shape index (κ1) is 11.4. The molecular weight excluding hydrogens is 236 g/mol. The minimum Gasteiger partial charge on any atom is -0.483 e. The molecule has 19 heavy (non-hydrogen) atoms. The molecule has 4 aliphatic rings. The highest BCUT2D eigenvalue weighted by Crippen LogP contribution is 2.57. The van der Waals surface area contributed by atoms with Crippen LogP contribution in [0.3, 0.4) is 0 Å². The summed E-state index contributed by atoms with van der Waals surface area (Å²) in [6, 6.07) is 5.65. The van der Waals surface area contributed by atoms with Crippen molar-refractivity contribution in [3.8, 4) is 5.75 Å². The van der Waals surface area contributed by atoms with Gasteiger partial charge in [-0.15, -0.1) is 0 Å². The third kappa shape index (κ3) is 1.78. The van der Waals surface area contributed by atoms with Gasteiger partial charge in [0, 0.05) is 0 Å². The normalized spacial score (nSPS) is 39.5. The molecule has 1 aromatic carbocycles. The minimum atomic E-state index is 0.0261. The van der Waals surface area contributed by atoms with Gasteiger partial charge >= 0.3 is 0 Å². The topological polar surface area (TPSA) is 61.3 Å². The van der Waals surface area contributed by atoms with E-state index < -0.39 is 0 Å². The number of ether oxygens (including phenoxy) is 1. The van der Waals surface area contributed by atoms with Crippen LogP contribution in [0.25, 0.3) is 0 Å². The van der Waals surface area contributed by atoms with Crippen LogP contribution in [0.5, 0.6) is 5.75 Å². The molecule has 3 heteroatoms. The third-order valence-corrected chi connectivity index (χ3v) is 5.38. The highest BCUT2D eigenvalue weighted by Gasteiger charge is 2.52. The molecule has 0 spiro atoms. The first-order valence-electron chi connectivity index (χ1n) is 7.46. The second-order valence-electron chi connectivity index (χ2n) is 6.97. The number of rotatable bonds is 2. The Morgan fingerprint density at radius 1 is 0.895 bits per heavy atom. The van der Waals surface area contributed by atoms with Gasteiger partial charge in [0.1, 0.15) is 5.60 Å². The van der Waals surface area contributed by atoms with E-state index in [0.717, 1.165) is 23.5 Å². The molecule has 4 bridgehead atoms. The van der Waals surface area contributed by atoms with E-state index in [2.05, 4.69) is 0 Å². The van der Waals surface area contributed by atoms with Gasteiger partial charge in [0.2, 0.25) is 0 Å². The molecule has 0 saturated heterocycles. The van der Waals surface area contributed by atoms with Gasteiger partial charge in [-0.25, -0.2) is 0 Å². The molecule has 0 unspecified atom stereocenters. The Hall–Kier alpha value is -1.38. The SMILES string of the molecule is Nc1cccc(N)c1OC12CC3CC(CC(C3)C1)C2. The Morgan fingerprint density at radius 2 is 1.37 bits per heavy atom. The summed E-state index contributed by atoms with van der Waals surface area (Å²) in [5.74, 6) is 3.34. The molecule has 0 aromatic heterocycles. The Bertz CT molecular complexity index is 456. The fourth-order valence-electron chi connectivity index (χ4n) is 5.06. The molecule has 0 radical (unpaired) electrons. The van der Waals surface area contributed by atoms with E-state index in [0.29, 0.717) is 11.4 Å². The van der Waals surface area contributed by atoms with Crippen molar-refractivity contribution in [2.45, 2.75) is 44.1 Å². The highest BCUT2D eigenvalue weighted by molar-refractivity contribution is 5.67. The van der Waals surface area contributed by atoms with Crippen LogP contribution in [0.4, 0.5) is 11.4 Å². The molecule has 0 atom stereocenters. The van der Waals surface area contributed by atoms with E-state index in [-0.39, 0.29) is 5.60 Å². The Balaban J connectivity index is 1.66. The first-order chi connectivity index (χ1) is 9.13. The molecule has 4 saturated carbocycles. The summed E-state index contributed by atoms with van der Waals surface area (Å²) < 4.78 is 6.43. The smallest absolute Gasteiger partial charge is 0.165 e. The molecule has 0 heterocycles. The summed E-state index contributed by atoms with van der Waals surface area (Å²) in [7, 11) is 0. The zero-order valence-electron chi connectivity index (χ0n) is 11.3. The molecule has 0 amide bonds. The highest BCUT2D eigenvalue weighted by atomic mass is 16.5. The van der Waals surface area contributed by atoms with E-state index in [1.165, 1.54) is 38.5 Å². The first-order valence-corrected chi connectivity index (χ1v) is 7.46. The van der Waals surface area contributed by atoms with Crippen LogP contribution in [-0.2, 0) is 0 Å². The number of hydrogen-bond acceptors (Lipinski definition) is 3. The van der Waals surface area contributed by atoms with Gasteiger partial charge in [-0.05, 0) is 68.4 Å². The Morgan fingerprint density at radius 3 is 1.84 bits per heavy atom. The summed E-state index contributed by atoms with van der Waals surface area (Å²) in [5.41, 5.74) is 13.5. The van der Waals surface area contributed by atoms with Gasteiger partial charge in [0.05, 0.1) is 11.4 Å². The minimum absolute atomic E-state index is 0.0261. The van der Waals surface area contributed by atoms with Crippen LogP contribution < -0.4 is 16.2 Å². The summed E-state index contributed by atoms with van der Waals surface area (Å²) >= 11 is 0. The van der Waals surface area contributed by atoms with Gasteiger partial charge in [-0.3, -0.25) is 0 Å². The average molecular weight is 258 g/mol. The maximum Gasteiger partial charge on any atom is 0.165 e. The lowest BCUT2D eigenvalue weighted by Gasteiger charge is -2.56. The third-order valence-electron chi connectivity index (χ3n) is 5.38. The second-order valence-corrected chi connectivity index (χ2v) is 6.97. The molecule has 1 aromatic rings. The summed E-state index contributed by atoms with van der Waals surface area (Å²) in [5, 5.41) is 0. The van der Waals surface area contributed by atoms with Crippen molar-refractivity contribution in [1.82, 2.24) is 0 Å². The Labute approximate surface area is 114 Å². The van der Waals surface area contributed by atoms with Crippen LogP contribution in [0, 0.1) is 17.8 Å². The number of hydrogen-bond donors (Lipinski definition) is 2. The maximum absolute atomic E-state index is 6.43. The van der Waals surface area contributed by atoms with Gasteiger partial charge < -0.3 is 16.2 Å². The fourth-order valence-corrected chi connectivity index (χ4v) is 5.06. The predicted octanol–water partition coefficient (Wildman–Crippen LogP) is 3.20. The molecule has 0 aliphatic heterocycles. The van der Waals surface area contributed by atoms with Gasteiger partial charge in [0.15, 0.2) is 5.75 Å². The predicted molar refractivity (Wildman–Crippen MR) is 76.8 cm³/mol. The van der Waals surface area contributed by atoms with Crippen molar-refractivity contribution in [3.05, 3.63) is 18.2 Å². The van der Waals surface area contributed by atoms with Gasteiger partial charge in [-0.2, -0.15) is 0 Å². The summed E-state index contributed by atoms with van der Waals surface area (Å²) in [6.45, 7) is 0. The second kappa shape index (κ2) is 3.81. The lowest BCUT2D eigenvalue weighted by Crippen LogP contribution is -2.53. The lowest BCUT2D eigenvalue weighted by molar-refractivity contribution is -0.107. The Kier molecular flexibility index (Phi) is 2.30. The molecule has 4 fully saturated rings. The van der Waals surface area contributed by atoms with Crippen molar-refractivity contribution in [2.75, 3.05) is 11.5 Å². The van der Waals surface area contributed by atoms with Crippen LogP contribution >= 0.6 is 0 Å². The molecule has 4 aliphatic carbocycles. The van der Waals surface area contributed by atoms with Crippen molar-refractivity contribution < 1.29 is 4.74 Å². The number of benzene rings is 1. The van der Waals surface area contributed by atoms with Crippen LogP contribution in [0.2, 0.25) is 0 Å². The quantitative estimate of drug-likeness (QED) is 0.801. The van der Waals surface area contributed by atoms with E-state index >= 15 is 0 Å². The summed E-state index contributed by atoms with van der Waals surface area (Å²) in [4.78, 5) is 0. The van der Waals surface area contributed by atoms with E-state index in [9.17, 15) is 0 Å². The maximum atomic E-state index is 6.43. The van der Waals surface area contributed by atoms with Crippen LogP contribution in [-0.4, -0.2) is 5.60 Å². The zero-order chi connectivity index (χ0) is 13.0. The average Bonchev–Trinajstić information content (AvgIpc) is 2.32. The molecular formula is C16H22N2O. The lowest BCUT2D eigenvalue weighted by atomic mass is 9.54. The van der Waals surface area contributed by atoms with E-state index in [1.807, 2.05) is 18.2 Å². The number of para-hydroxylation sites is 1. The van der Waals surface area contributed by atoms with Crippen molar-refractivity contribution >= 4 is 11.4 Å². The molecule has 3 nitrogen and oxygen atoms in total. The van der Waals surface area contributed by atoms with Gasteiger partial charge in [0.25, 0.3) is 0 Å². The van der Waals surface area contributed by atoms with Crippen molar-refractivity contribution in [1.29, 1.82) is 0 Å².